The SMILES string of the molecule is c1ccc(-c2cccc(-c3ccc(N(c4ccc(-c5ccc(-c6cccc(-n7c8ccccc8c8ccccc87)c6)cc5)cc4)c4ccc(-c5cccc(-c6ccc7ccccc7c6)c5)cc4)cc3)c2)cc1. The van der Waals surface area contributed by atoms with E-state index in [1.165, 1.54) is 99.3 Å². The molecule has 0 fully saturated rings. The Bertz CT molecular complexity index is 4000. The highest BCUT2D eigenvalue weighted by Crippen LogP contribution is 2.40. The van der Waals surface area contributed by atoms with Gasteiger partial charge in [-0.15, -0.1) is 0 Å². The second-order valence-corrected chi connectivity index (χ2v) is 18.6. The third kappa shape index (κ3) is 8.11. The van der Waals surface area contributed by atoms with E-state index in [2.05, 4.69) is 301 Å². The molecule has 0 radical (unpaired) electrons. The predicted octanol–water partition coefficient (Wildman–Crippen LogP) is 19.4. The highest BCUT2D eigenvalue weighted by Gasteiger charge is 2.16. The van der Waals surface area contributed by atoms with Crippen LogP contribution in [0.15, 0.2) is 291 Å². The second-order valence-electron chi connectivity index (χ2n) is 18.6. The van der Waals surface area contributed by atoms with E-state index in [-0.39, 0.29) is 0 Å². The van der Waals surface area contributed by atoms with Crippen LogP contribution < -0.4 is 4.90 Å². The lowest BCUT2D eigenvalue weighted by Gasteiger charge is -2.26. The predicted molar refractivity (Wildman–Crippen MR) is 306 cm³/mol. The van der Waals surface area contributed by atoms with Crippen molar-refractivity contribution in [3.63, 3.8) is 0 Å². The molecule has 0 saturated carbocycles. The summed E-state index contributed by atoms with van der Waals surface area (Å²) in [5.74, 6) is 0. The Morgan fingerprint density at radius 2 is 0.542 bits per heavy atom. The van der Waals surface area contributed by atoms with Crippen molar-refractivity contribution < 1.29 is 0 Å². The minimum Gasteiger partial charge on any atom is -0.311 e. The number of aromatic nitrogens is 1. The maximum absolute atomic E-state index is 2.38. The lowest BCUT2D eigenvalue weighted by atomic mass is 9.97. The first-order valence-electron chi connectivity index (χ1n) is 24.7. The van der Waals surface area contributed by atoms with E-state index >= 15 is 0 Å². The smallest absolute Gasteiger partial charge is 0.0541 e. The lowest BCUT2D eigenvalue weighted by Crippen LogP contribution is -2.09. The molecule has 2 nitrogen and oxygen atoms in total. The largest absolute Gasteiger partial charge is 0.311 e. The fourth-order valence-corrected chi connectivity index (χ4v) is 10.5. The fraction of sp³-hybridized carbons (Fsp3) is 0. The van der Waals surface area contributed by atoms with Gasteiger partial charge in [0.1, 0.15) is 0 Å². The molecule has 2 heteroatoms. The van der Waals surface area contributed by atoms with Crippen molar-refractivity contribution in [3.8, 4) is 72.4 Å². The third-order valence-corrected chi connectivity index (χ3v) is 14.2. The Kier molecular flexibility index (Phi) is 10.9. The zero-order valence-corrected chi connectivity index (χ0v) is 39.6. The molecule has 0 N–H and O–H groups in total. The molecule has 0 bridgehead atoms. The van der Waals surface area contributed by atoms with Crippen LogP contribution in [-0.2, 0) is 0 Å². The summed E-state index contributed by atoms with van der Waals surface area (Å²) in [6.07, 6.45) is 0. The van der Waals surface area contributed by atoms with Crippen molar-refractivity contribution in [2.24, 2.45) is 0 Å². The topological polar surface area (TPSA) is 8.17 Å². The van der Waals surface area contributed by atoms with Crippen LogP contribution in [-0.4, -0.2) is 4.57 Å². The third-order valence-electron chi connectivity index (χ3n) is 14.2. The van der Waals surface area contributed by atoms with E-state index in [1.807, 2.05) is 0 Å². The Labute approximate surface area is 420 Å². The first-order valence-corrected chi connectivity index (χ1v) is 24.7. The van der Waals surface area contributed by atoms with Crippen molar-refractivity contribution in [3.05, 3.63) is 291 Å². The van der Waals surface area contributed by atoms with Gasteiger partial charge >= 0.3 is 0 Å². The van der Waals surface area contributed by atoms with E-state index in [1.54, 1.807) is 0 Å². The molecule has 0 saturated heterocycles. The summed E-state index contributed by atoms with van der Waals surface area (Å²) in [6, 6.07) is 106. The molecule has 338 valence electrons. The molecule has 12 aromatic carbocycles. The van der Waals surface area contributed by atoms with E-state index < -0.39 is 0 Å². The molecule has 0 atom stereocenters. The number of nitrogens with zero attached hydrogens (tertiary/aromatic N) is 2. The average molecular weight is 917 g/mol. The number of anilines is 3. The van der Waals surface area contributed by atoms with Crippen molar-refractivity contribution in [2.45, 2.75) is 0 Å². The van der Waals surface area contributed by atoms with Gasteiger partial charge in [-0.3, -0.25) is 0 Å². The van der Waals surface area contributed by atoms with Crippen molar-refractivity contribution in [2.75, 3.05) is 4.90 Å². The number of hydrogen-bond donors (Lipinski definition) is 0. The van der Waals surface area contributed by atoms with Gasteiger partial charge in [0.15, 0.2) is 0 Å². The number of hydrogen-bond acceptors (Lipinski definition) is 1. The van der Waals surface area contributed by atoms with Gasteiger partial charge in [0.05, 0.1) is 11.0 Å². The Hall–Kier alpha value is -9.50. The lowest BCUT2D eigenvalue weighted by molar-refractivity contribution is 1.18. The van der Waals surface area contributed by atoms with Crippen LogP contribution in [0.1, 0.15) is 0 Å². The van der Waals surface area contributed by atoms with Crippen LogP contribution in [0.4, 0.5) is 17.1 Å². The highest BCUT2D eigenvalue weighted by molar-refractivity contribution is 6.09. The molecule has 0 aliphatic rings. The minimum atomic E-state index is 1.09. The number of rotatable bonds is 10. The van der Waals surface area contributed by atoms with Gasteiger partial charge in [0.2, 0.25) is 0 Å². The van der Waals surface area contributed by atoms with Crippen LogP contribution in [0.5, 0.6) is 0 Å². The van der Waals surface area contributed by atoms with Crippen LogP contribution in [0, 0.1) is 0 Å². The van der Waals surface area contributed by atoms with E-state index in [0.29, 0.717) is 0 Å². The molecule has 72 heavy (non-hydrogen) atoms. The number of benzene rings is 12. The van der Waals surface area contributed by atoms with E-state index in [0.717, 1.165) is 22.7 Å². The van der Waals surface area contributed by atoms with Gasteiger partial charge in [-0.2, -0.15) is 0 Å². The molecule has 0 amide bonds. The Morgan fingerprint density at radius 1 is 0.208 bits per heavy atom. The van der Waals surface area contributed by atoms with Crippen molar-refractivity contribution in [1.29, 1.82) is 0 Å². The maximum atomic E-state index is 2.38. The molecular weight excluding hydrogens is 869 g/mol. The average Bonchev–Trinajstić information content (AvgIpc) is 3.80. The molecule has 1 heterocycles. The standard InChI is InChI=1S/C70H48N2/c1-2-13-49(14-3-1)57-17-10-18-58(45-57)54-35-41-64(42-36-54)71(65-43-37-55(38-44-65)59-19-11-20-60(46-59)62-32-31-50-15-4-5-16-56(50)47-62)63-39-33-52(34-40-63)51-27-29-53(30-28-51)61-21-12-22-66(48-61)72-69-25-8-6-23-67(69)68-24-7-9-26-70(68)72/h1-48H. The molecule has 0 unspecified atom stereocenters. The minimum absolute atomic E-state index is 1.09. The Balaban J connectivity index is 0.809. The summed E-state index contributed by atoms with van der Waals surface area (Å²) in [7, 11) is 0. The van der Waals surface area contributed by atoms with E-state index in [4.69, 9.17) is 0 Å². The first kappa shape index (κ1) is 42.6. The van der Waals surface area contributed by atoms with Crippen molar-refractivity contribution in [1.82, 2.24) is 4.57 Å². The van der Waals surface area contributed by atoms with Gasteiger partial charge in [0.25, 0.3) is 0 Å². The van der Waals surface area contributed by atoms with Gasteiger partial charge in [-0.1, -0.05) is 212 Å². The summed E-state index contributed by atoms with van der Waals surface area (Å²) < 4.78 is 2.38. The van der Waals surface area contributed by atoms with Crippen molar-refractivity contribution >= 4 is 49.6 Å². The molecule has 0 aliphatic carbocycles. The van der Waals surface area contributed by atoms with E-state index in [9.17, 15) is 0 Å². The van der Waals surface area contributed by atoms with Crippen LogP contribution in [0.2, 0.25) is 0 Å². The summed E-state index contributed by atoms with van der Waals surface area (Å²) in [4.78, 5) is 2.36. The zero-order valence-electron chi connectivity index (χ0n) is 39.6. The Morgan fingerprint density at radius 3 is 1.06 bits per heavy atom. The molecule has 13 aromatic rings. The second kappa shape index (κ2) is 18.4. The maximum Gasteiger partial charge on any atom is 0.0541 e. The quantitative estimate of drug-likeness (QED) is 0.133. The summed E-state index contributed by atoms with van der Waals surface area (Å²) in [5, 5.41) is 5.04. The zero-order chi connectivity index (χ0) is 47.8. The fourth-order valence-electron chi connectivity index (χ4n) is 10.5. The van der Waals surface area contributed by atoms with Crippen LogP contribution in [0.3, 0.4) is 0 Å². The summed E-state index contributed by atoms with van der Waals surface area (Å²) in [6.45, 7) is 0. The summed E-state index contributed by atoms with van der Waals surface area (Å²) in [5.41, 5.74) is 21.1. The number of fused-ring (bicyclic) bond motifs is 4. The van der Waals surface area contributed by atoms with Crippen LogP contribution >= 0.6 is 0 Å². The highest BCUT2D eigenvalue weighted by atomic mass is 15.1. The summed E-state index contributed by atoms with van der Waals surface area (Å²) >= 11 is 0. The van der Waals surface area contributed by atoms with Gasteiger partial charge in [-0.25, -0.2) is 0 Å². The molecule has 0 aliphatic heterocycles. The number of para-hydroxylation sites is 2. The van der Waals surface area contributed by atoms with Gasteiger partial charge in [-0.05, 0) is 156 Å². The normalized spacial score (nSPS) is 11.3. The molecule has 13 rings (SSSR count). The first-order chi connectivity index (χ1) is 35.7. The molecule has 0 spiro atoms. The molecular formula is C70H48N2. The monoisotopic (exact) mass is 916 g/mol. The van der Waals surface area contributed by atoms with Crippen LogP contribution in [0.25, 0.3) is 105 Å². The molecule has 1 aromatic heterocycles. The van der Waals surface area contributed by atoms with Gasteiger partial charge < -0.3 is 9.47 Å². The van der Waals surface area contributed by atoms with Gasteiger partial charge in [0, 0.05) is 33.5 Å².